The van der Waals surface area contributed by atoms with Crippen molar-refractivity contribution >= 4 is 22.8 Å². The topological polar surface area (TPSA) is 75.6 Å². The maximum absolute atomic E-state index is 12.1. The lowest BCUT2D eigenvalue weighted by Crippen LogP contribution is -2.17. The van der Waals surface area contributed by atoms with Gasteiger partial charge in [-0.1, -0.05) is 18.2 Å². The molecule has 0 bridgehead atoms. The van der Waals surface area contributed by atoms with Gasteiger partial charge < -0.3 is 4.57 Å². The first kappa shape index (κ1) is 14.0. The molecule has 3 aromatic rings. The van der Waals surface area contributed by atoms with Crippen LogP contribution in [-0.2, 0) is 24.2 Å². The molecule has 6 heteroatoms. The quantitative estimate of drug-likeness (QED) is 0.778. The number of nitrogens with one attached hydrogen (secondary N) is 2. The molecule has 0 fully saturated rings. The van der Waals surface area contributed by atoms with Gasteiger partial charge in [-0.3, -0.25) is 10.1 Å². The maximum atomic E-state index is 12.1. The first-order valence-corrected chi connectivity index (χ1v) is 8.07. The van der Waals surface area contributed by atoms with Gasteiger partial charge in [0.05, 0.1) is 0 Å². The molecule has 0 unspecified atom stereocenters. The molecule has 23 heavy (non-hydrogen) atoms. The van der Waals surface area contributed by atoms with Gasteiger partial charge >= 0.3 is 0 Å². The number of carbonyl (C=O) groups is 1. The highest BCUT2D eigenvalue weighted by atomic mass is 16.1. The third-order valence-corrected chi connectivity index (χ3v) is 4.52. The number of amides is 1. The van der Waals surface area contributed by atoms with E-state index in [0.717, 1.165) is 12.8 Å². The van der Waals surface area contributed by atoms with Gasteiger partial charge in [0.1, 0.15) is 6.33 Å². The Morgan fingerprint density at radius 2 is 2.13 bits per heavy atom. The molecule has 1 aliphatic carbocycles. The summed E-state index contributed by atoms with van der Waals surface area (Å²) >= 11 is 0. The number of carbonyl (C=O) groups excluding carboxylic acids is 1. The molecule has 0 radical (unpaired) electrons. The minimum absolute atomic E-state index is 0.0518. The first-order valence-electron chi connectivity index (χ1n) is 8.07. The summed E-state index contributed by atoms with van der Waals surface area (Å²) in [7, 11) is 0. The van der Waals surface area contributed by atoms with Gasteiger partial charge in [-0.15, -0.1) is 0 Å². The van der Waals surface area contributed by atoms with Gasteiger partial charge in [0.15, 0.2) is 0 Å². The molecule has 2 heterocycles. The van der Waals surface area contributed by atoms with E-state index in [2.05, 4.69) is 49.3 Å². The number of rotatable bonds is 4. The number of H-pyrrole nitrogens is 1. The van der Waals surface area contributed by atoms with Crippen molar-refractivity contribution < 1.29 is 4.79 Å². The van der Waals surface area contributed by atoms with Crippen LogP contribution in [0.5, 0.6) is 0 Å². The van der Waals surface area contributed by atoms with E-state index in [1.807, 2.05) is 0 Å². The van der Waals surface area contributed by atoms with E-state index >= 15 is 0 Å². The smallest absolute Gasteiger partial charge is 0.228 e. The first-order chi connectivity index (χ1) is 11.3. The van der Waals surface area contributed by atoms with Crippen molar-refractivity contribution in [2.45, 2.75) is 38.6 Å². The zero-order chi connectivity index (χ0) is 15.6. The lowest BCUT2D eigenvalue weighted by atomic mass is 9.95. The summed E-state index contributed by atoms with van der Waals surface area (Å²) in [5.74, 6) is 0.346. The highest BCUT2D eigenvalue weighted by Gasteiger charge is 2.19. The fourth-order valence-electron chi connectivity index (χ4n) is 3.52. The van der Waals surface area contributed by atoms with Gasteiger partial charge in [0, 0.05) is 29.6 Å². The van der Waals surface area contributed by atoms with Crippen LogP contribution in [-0.4, -0.2) is 25.7 Å². The molecular weight excluding hydrogens is 290 g/mol. The number of hydrogen-bond donors (Lipinski definition) is 2. The van der Waals surface area contributed by atoms with Crippen LogP contribution < -0.4 is 5.32 Å². The van der Waals surface area contributed by atoms with E-state index in [1.54, 1.807) is 0 Å². The predicted octanol–water partition coefficient (Wildman–Crippen LogP) is 2.67. The normalized spacial score (nSPS) is 13.9. The van der Waals surface area contributed by atoms with Crippen molar-refractivity contribution in [3.8, 4) is 0 Å². The van der Waals surface area contributed by atoms with Crippen molar-refractivity contribution in [3.63, 3.8) is 0 Å². The van der Waals surface area contributed by atoms with Crippen LogP contribution in [0.1, 0.15) is 30.5 Å². The number of aryl methyl sites for hydroxylation is 2. The van der Waals surface area contributed by atoms with Crippen LogP contribution in [0, 0.1) is 0 Å². The standard InChI is InChI=1S/C17H19N5O/c23-16(20-17-18-11-19-21-17)9-10-22-14-7-3-1-5-12(14)13-6-2-4-8-15(13)22/h1,3,5,7,11H,2,4,6,8-10H2,(H2,18,19,20,21,23). The monoisotopic (exact) mass is 309 g/mol. The average molecular weight is 309 g/mol. The second kappa shape index (κ2) is 5.87. The summed E-state index contributed by atoms with van der Waals surface area (Å²) in [6.07, 6.45) is 6.54. The van der Waals surface area contributed by atoms with E-state index in [4.69, 9.17) is 0 Å². The van der Waals surface area contributed by atoms with Crippen LogP contribution >= 0.6 is 0 Å². The molecule has 0 aliphatic heterocycles. The average Bonchev–Trinajstić information content (AvgIpc) is 3.19. The third kappa shape index (κ3) is 2.60. The van der Waals surface area contributed by atoms with Gasteiger partial charge in [0.25, 0.3) is 0 Å². The number of hydrogen-bond acceptors (Lipinski definition) is 3. The van der Waals surface area contributed by atoms with Gasteiger partial charge in [0.2, 0.25) is 11.9 Å². The number of fused-ring (bicyclic) bond motifs is 3. The minimum atomic E-state index is -0.0518. The lowest BCUT2D eigenvalue weighted by Gasteiger charge is -2.15. The van der Waals surface area contributed by atoms with E-state index < -0.39 is 0 Å². The SMILES string of the molecule is O=C(CCn1c2c(c3ccccc31)CCCC2)Nc1ncn[nH]1. The van der Waals surface area contributed by atoms with Gasteiger partial charge in [-0.25, -0.2) is 5.10 Å². The summed E-state index contributed by atoms with van der Waals surface area (Å²) in [6.45, 7) is 0.690. The second-order valence-electron chi connectivity index (χ2n) is 5.93. The Morgan fingerprint density at radius 1 is 1.26 bits per heavy atom. The molecule has 0 saturated heterocycles. The molecule has 0 saturated carbocycles. The Labute approximate surface area is 133 Å². The molecule has 6 nitrogen and oxygen atoms in total. The number of benzene rings is 1. The van der Waals surface area contributed by atoms with Crippen molar-refractivity contribution in [2.24, 2.45) is 0 Å². The molecule has 1 aromatic carbocycles. The zero-order valence-electron chi connectivity index (χ0n) is 12.9. The summed E-state index contributed by atoms with van der Waals surface area (Å²) in [6, 6.07) is 8.52. The molecule has 0 atom stereocenters. The summed E-state index contributed by atoms with van der Waals surface area (Å²) in [4.78, 5) is 16.0. The van der Waals surface area contributed by atoms with Crippen molar-refractivity contribution in [2.75, 3.05) is 5.32 Å². The van der Waals surface area contributed by atoms with Crippen LogP contribution in [0.4, 0.5) is 5.95 Å². The maximum Gasteiger partial charge on any atom is 0.228 e. The molecule has 2 N–H and O–H groups in total. The number of aromatic amines is 1. The molecule has 4 rings (SSSR count). The fraction of sp³-hybridized carbons (Fsp3) is 0.353. The molecule has 1 amide bonds. The largest absolute Gasteiger partial charge is 0.344 e. The van der Waals surface area contributed by atoms with E-state index in [0.29, 0.717) is 18.9 Å². The third-order valence-electron chi connectivity index (χ3n) is 4.52. The Morgan fingerprint density at radius 3 is 3.00 bits per heavy atom. The minimum Gasteiger partial charge on any atom is -0.344 e. The predicted molar refractivity (Wildman–Crippen MR) is 88.2 cm³/mol. The number of anilines is 1. The Balaban J connectivity index is 1.58. The number of para-hydroxylation sites is 1. The fourth-order valence-corrected chi connectivity index (χ4v) is 3.52. The van der Waals surface area contributed by atoms with Crippen LogP contribution in [0.2, 0.25) is 0 Å². The number of nitrogens with zero attached hydrogens (tertiary/aromatic N) is 3. The highest BCUT2D eigenvalue weighted by molar-refractivity contribution is 5.89. The Hall–Kier alpha value is -2.63. The summed E-state index contributed by atoms with van der Waals surface area (Å²) in [5, 5.41) is 10.4. The zero-order valence-corrected chi connectivity index (χ0v) is 12.9. The summed E-state index contributed by atoms with van der Waals surface area (Å²) < 4.78 is 2.32. The Kier molecular flexibility index (Phi) is 3.57. The van der Waals surface area contributed by atoms with E-state index in [9.17, 15) is 4.79 Å². The molecule has 0 spiro atoms. The lowest BCUT2D eigenvalue weighted by molar-refractivity contribution is -0.116. The van der Waals surface area contributed by atoms with Crippen molar-refractivity contribution in [3.05, 3.63) is 41.9 Å². The van der Waals surface area contributed by atoms with Crippen LogP contribution in [0.3, 0.4) is 0 Å². The van der Waals surface area contributed by atoms with Crippen molar-refractivity contribution in [1.29, 1.82) is 0 Å². The molecular formula is C17H19N5O. The van der Waals surface area contributed by atoms with Gasteiger partial charge in [-0.05, 0) is 37.3 Å². The van der Waals surface area contributed by atoms with E-state index in [-0.39, 0.29) is 5.91 Å². The second-order valence-corrected chi connectivity index (χ2v) is 5.93. The summed E-state index contributed by atoms with van der Waals surface area (Å²) in [5.41, 5.74) is 4.12. The molecule has 1 aliphatic rings. The number of aromatic nitrogens is 4. The van der Waals surface area contributed by atoms with Gasteiger partial charge in [-0.2, -0.15) is 10.1 Å². The highest BCUT2D eigenvalue weighted by Crippen LogP contribution is 2.32. The van der Waals surface area contributed by atoms with Crippen LogP contribution in [0.15, 0.2) is 30.6 Å². The van der Waals surface area contributed by atoms with Crippen LogP contribution in [0.25, 0.3) is 10.9 Å². The Bertz CT molecular complexity index is 834. The molecule has 2 aromatic heterocycles. The molecule has 118 valence electrons. The van der Waals surface area contributed by atoms with Crippen molar-refractivity contribution in [1.82, 2.24) is 19.7 Å². The van der Waals surface area contributed by atoms with E-state index in [1.165, 1.54) is 41.3 Å².